The third-order valence-corrected chi connectivity index (χ3v) is 3.35. The van der Waals surface area contributed by atoms with Crippen LogP contribution >= 0.6 is 0 Å². The number of nitrogens with two attached hydrogens (primary N) is 1. The Bertz CT molecular complexity index is 609. The van der Waals surface area contributed by atoms with Crippen molar-refractivity contribution in [3.63, 3.8) is 0 Å². The maximum atomic E-state index is 14.3. The first-order chi connectivity index (χ1) is 10.3. The molecule has 0 fully saturated rings. The Morgan fingerprint density at radius 3 is 2.26 bits per heavy atom. The summed E-state index contributed by atoms with van der Waals surface area (Å²) in [5.74, 6) is -1.87. The number of hydrogen-bond donors (Lipinski definition) is 3. The van der Waals surface area contributed by atoms with E-state index in [-0.39, 0.29) is 11.3 Å². The van der Waals surface area contributed by atoms with E-state index in [2.05, 4.69) is 5.32 Å². The summed E-state index contributed by atoms with van der Waals surface area (Å²) < 4.78 is 19.4. The van der Waals surface area contributed by atoms with Crippen molar-refractivity contribution in [1.82, 2.24) is 0 Å². The Morgan fingerprint density at radius 1 is 1.26 bits per heavy atom. The van der Waals surface area contributed by atoms with Crippen molar-refractivity contribution in [1.29, 1.82) is 0 Å². The first-order valence-corrected chi connectivity index (χ1v) is 7.13. The van der Waals surface area contributed by atoms with Crippen molar-refractivity contribution >= 4 is 17.7 Å². The van der Waals surface area contributed by atoms with Gasteiger partial charge in [0.05, 0.1) is 0 Å². The van der Waals surface area contributed by atoms with Gasteiger partial charge in [-0.25, -0.2) is 9.18 Å². The topological polar surface area (TPSA) is 102 Å². The molecule has 1 atom stereocenters. The molecule has 0 aliphatic heterocycles. The lowest BCUT2D eigenvalue weighted by molar-refractivity contribution is -0.140. The minimum absolute atomic E-state index is 0.155. The number of carboxylic acid groups (broad SMARTS) is 1. The second-order valence-corrected chi connectivity index (χ2v) is 6.86. The monoisotopic (exact) mass is 326 g/mol. The van der Waals surface area contributed by atoms with Crippen molar-refractivity contribution in [2.45, 2.75) is 51.7 Å². The van der Waals surface area contributed by atoms with E-state index in [4.69, 9.17) is 15.6 Å². The third kappa shape index (κ3) is 4.92. The standard InChI is InChI=1S/C16H23FN2O4/c1-15(2,3)23-14(22)19-9-6-7-10(11(17)8-9)16(4,5)12(18)13(20)21/h6-8,12H,18H2,1-5H3,(H,19,22)(H,20,21). The quantitative estimate of drug-likeness (QED) is 0.789. The van der Waals surface area contributed by atoms with Crippen LogP contribution in [-0.2, 0) is 14.9 Å². The molecule has 6 nitrogen and oxygen atoms in total. The van der Waals surface area contributed by atoms with Crippen molar-refractivity contribution < 1.29 is 23.8 Å². The maximum Gasteiger partial charge on any atom is 0.412 e. The molecule has 1 rings (SSSR count). The second-order valence-electron chi connectivity index (χ2n) is 6.86. The van der Waals surface area contributed by atoms with E-state index in [1.807, 2.05) is 0 Å². The van der Waals surface area contributed by atoms with Gasteiger partial charge in [-0.1, -0.05) is 19.9 Å². The second kappa shape index (κ2) is 6.54. The zero-order chi connectivity index (χ0) is 18.0. The van der Waals surface area contributed by atoms with Crippen LogP contribution in [0.4, 0.5) is 14.9 Å². The largest absolute Gasteiger partial charge is 0.480 e. The number of carbonyl (C=O) groups excluding carboxylic acids is 1. The van der Waals surface area contributed by atoms with Crippen LogP contribution in [0.5, 0.6) is 0 Å². The van der Waals surface area contributed by atoms with Gasteiger partial charge in [0.15, 0.2) is 0 Å². The molecule has 0 spiro atoms. The minimum atomic E-state index is -1.26. The summed E-state index contributed by atoms with van der Waals surface area (Å²) in [6.07, 6.45) is -0.703. The molecule has 1 aromatic carbocycles. The summed E-state index contributed by atoms with van der Waals surface area (Å²) in [5.41, 5.74) is 4.21. The lowest BCUT2D eigenvalue weighted by atomic mass is 9.78. The number of carboxylic acids is 1. The van der Waals surface area contributed by atoms with E-state index < -0.39 is 34.9 Å². The highest BCUT2D eigenvalue weighted by molar-refractivity contribution is 5.85. The summed E-state index contributed by atoms with van der Waals surface area (Å²) >= 11 is 0. The van der Waals surface area contributed by atoms with Crippen LogP contribution in [-0.4, -0.2) is 28.8 Å². The van der Waals surface area contributed by atoms with Crippen LogP contribution in [0.3, 0.4) is 0 Å². The Labute approximate surface area is 134 Å². The summed E-state index contributed by atoms with van der Waals surface area (Å²) in [7, 11) is 0. The number of ether oxygens (including phenoxy) is 1. The zero-order valence-electron chi connectivity index (χ0n) is 13.9. The number of benzene rings is 1. The maximum absolute atomic E-state index is 14.3. The molecular formula is C16H23FN2O4. The van der Waals surface area contributed by atoms with E-state index in [1.165, 1.54) is 12.1 Å². The van der Waals surface area contributed by atoms with Gasteiger partial charge in [-0.3, -0.25) is 10.1 Å². The average molecular weight is 326 g/mol. The number of carbonyl (C=O) groups is 2. The van der Waals surface area contributed by atoms with Gasteiger partial charge < -0.3 is 15.6 Å². The highest BCUT2D eigenvalue weighted by Crippen LogP contribution is 2.30. The molecule has 0 aromatic heterocycles. The van der Waals surface area contributed by atoms with Gasteiger partial charge in [0, 0.05) is 11.1 Å². The predicted molar refractivity (Wildman–Crippen MR) is 84.9 cm³/mol. The van der Waals surface area contributed by atoms with Gasteiger partial charge in [-0.15, -0.1) is 0 Å². The molecule has 0 bridgehead atoms. The molecule has 0 saturated heterocycles. The molecule has 128 valence electrons. The molecule has 1 aromatic rings. The molecule has 1 unspecified atom stereocenters. The first-order valence-electron chi connectivity index (χ1n) is 7.13. The molecule has 1 amide bonds. The van der Waals surface area contributed by atoms with E-state index in [0.717, 1.165) is 6.07 Å². The number of hydrogen-bond acceptors (Lipinski definition) is 4. The number of anilines is 1. The van der Waals surface area contributed by atoms with Crippen molar-refractivity contribution in [2.75, 3.05) is 5.32 Å². The number of aliphatic carboxylic acids is 1. The molecule has 0 saturated carbocycles. The molecule has 7 heteroatoms. The zero-order valence-corrected chi connectivity index (χ0v) is 13.9. The first kappa shape index (κ1) is 18.9. The number of amides is 1. The van der Waals surface area contributed by atoms with Gasteiger partial charge in [0.1, 0.15) is 17.5 Å². The summed E-state index contributed by atoms with van der Waals surface area (Å²) in [4.78, 5) is 22.7. The van der Waals surface area contributed by atoms with Gasteiger partial charge in [-0.05, 0) is 38.5 Å². The van der Waals surface area contributed by atoms with Gasteiger partial charge >= 0.3 is 12.1 Å². The third-order valence-electron chi connectivity index (χ3n) is 3.35. The molecule has 0 aliphatic carbocycles. The molecule has 23 heavy (non-hydrogen) atoms. The summed E-state index contributed by atoms with van der Waals surface area (Å²) in [5, 5.41) is 11.5. The Morgan fingerprint density at radius 2 is 1.83 bits per heavy atom. The van der Waals surface area contributed by atoms with E-state index in [1.54, 1.807) is 34.6 Å². The highest BCUT2D eigenvalue weighted by Gasteiger charge is 2.35. The fourth-order valence-corrected chi connectivity index (χ4v) is 2.01. The van der Waals surface area contributed by atoms with Crippen LogP contribution < -0.4 is 11.1 Å². The SMILES string of the molecule is CC(C)(C)OC(=O)Nc1ccc(C(C)(C)C(N)C(=O)O)c(F)c1. The number of nitrogens with one attached hydrogen (secondary N) is 1. The van der Waals surface area contributed by atoms with E-state index >= 15 is 0 Å². The average Bonchev–Trinajstić information content (AvgIpc) is 2.34. The van der Waals surface area contributed by atoms with Gasteiger partial charge in [0.2, 0.25) is 0 Å². The lowest BCUT2D eigenvalue weighted by Crippen LogP contribution is -2.47. The fraction of sp³-hybridized carbons (Fsp3) is 0.500. The normalized spacial score (nSPS) is 13.3. The van der Waals surface area contributed by atoms with Crippen molar-refractivity contribution in [2.24, 2.45) is 5.73 Å². The molecule has 0 aliphatic rings. The van der Waals surface area contributed by atoms with Crippen LogP contribution in [0.1, 0.15) is 40.2 Å². The molecule has 4 N–H and O–H groups in total. The van der Waals surface area contributed by atoms with Crippen molar-refractivity contribution in [3.05, 3.63) is 29.6 Å². The molecule has 0 heterocycles. The Balaban J connectivity index is 2.99. The predicted octanol–water partition coefficient (Wildman–Crippen LogP) is 2.86. The van der Waals surface area contributed by atoms with Crippen LogP contribution in [0, 0.1) is 5.82 Å². The van der Waals surface area contributed by atoms with Crippen LogP contribution in [0.15, 0.2) is 18.2 Å². The summed E-state index contributed by atoms with van der Waals surface area (Å²) in [6.45, 7) is 8.24. The van der Waals surface area contributed by atoms with E-state index in [9.17, 15) is 14.0 Å². The molecular weight excluding hydrogens is 303 g/mol. The Hall–Kier alpha value is -2.15. The fourth-order valence-electron chi connectivity index (χ4n) is 2.01. The smallest absolute Gasteiger partial charge is 0.412 e. The minimum Gasteiger partial charge on any atom is -0.480 e. The molecule has 0 radical (unpaired) electrons. The number of rotatable bonds is 4. The van der Waals surface area contributed by atoms with Gasteiger partial charge in [-0.2, -0.15) is 0 Å². The summed E-state index contributed by atoms with van der Waals surface area (Å²) in [6, 6.07) is 2.72. The van der Waals surface area contributed by atoms with E-state index in [0.29, 0.717) is 0 Å². The van der Waals surface area contributed by atoms with Crippen molar-refractivity contribution in [3.8, 4) is 0 Å². The van der Waals surface area contributed by atoms with Crippen LogP contribution in [0.25, 0.3) is 0 Å². The Kier molecular flexibility index (Phi) is 5.37. The van der Waals surface area contributed by atoms with Gasteiger partial charge in [0.25, 0.3) is 0 Å². The lowest BCUT2D eigenvalue weighted by Gasteiger charge is -2.29. The number of halogens is 1. The highest BCUT2D eigenvalue weighted by atomic mass is 19.1. The van der Waals surface area contributed by atoms with Crippen LogP contribution in [0.2, 0.25) is 0 Å².